The largest absolute Gasteiger partial charge is 0.477 e. The summed E-state index contributed by atoms with van der Waals surface area (Å²) < 4.78 is 5.31. The van der Waals surface area contributed by atoms with Gasteiger partial charge in [0.05, 0.1) is 36.9 Å². The van der Waals surface area contributed by atoms with Gasteiger partial charge in [0.25, 0.3) is 0 Å². The summed E-state index contributed by atoms with van der Waals surface area (Å²) in [5, 5.41) is 21.6. The number of hydrazine groups is 1. The van der Waals surface area contributed by atoms with Crippen LogP contribution < -0.4 is 5.43 Å². The Bertz CT molecular complexity index is 870. The first kappa shape index (κ1) is 21.1. The number of hydrogen-bond acceptors (Lipinski definition) is 8. The van der Waals surface area contributed by atoms with E-state index < -0.39 is 18.0 Å². The van der Waals surface area contributed by atoms with E-state index in [1.807, 2.05) is 18.0 Å². The van der Waals surface area contributed by atoms with Crippen LogP contribution in [0.25, 0.3) is 0 Å². The fourth-order valence-electron chi connectivity index (χ4n) is 4.67. The van der Waals surface area contributed by atoms with E-state index in [9.17, 15) is 24.6 Å². The Kier molecular flexibility index (Phi) is 5.75. The topological polar surface area (TPSA) is 123 Å². The van der Waals surface area contributed by atoms with Crippen LogP contribution in [0.5, 0.6) is 0 Å². The maximum Gasteiger partial charge on any atom is 0.353 e. The predicted molar refractivity (Wildman–Crippen MR) is 108 cm³/mol. The van der Waals surface area contributed by atoms with Gasteiger partial charge in [-0.2, -0.15) is 0 Å². The number of β-lactam (4-membered cyclic amide) rings is 1. The molecule has 3 aliphatic rings. The van der Waals surface area contributed by atoms with Crippen molar-refractivity contribution in [3.8, 4) is 0 Å². The summed E-state index contributed by atoms with van der Waals surface area (Å²) in [7, 11) is 0. The molecule has 1 aromatic heterocycles. The van der Waals surface area contributed by atoms with Gasteiger partial charge in [-0.3, -0.25) is 4.79 Å². The molecule has 0 spiro atoms. The molecule has 4 heterocycles. The first-order valence-electron chi connectivity index (χ1n) is 9.96. The van der Waals surface area contributed by atoms with Gasteiger partial charge < -0.3 is 24.3 Å². The second kappa shape index (κ2) is 8.18. The van der Waals surface area contributed by atoms with Crippen LogP contribution in [-0.2, 0) is 20.9 Å². The highest BCUT2D eigenvalue weighted by Gasteiger charge is 2.60. The summed E-state index contributed by atoms with van der Waals surface area (Å²) in [6, 6.07) is 2.98. The molecule has 0 radical (unpaired) electrons. The number of rotatable bonds is 8. The summed E-state index contributed by atoms with van der Waals surface area (Å²) in [4.78, 5) is 37.9. The third-order valence-corrected chi connectivity index (χ3v) is 7.60. The average molecular weight is 436 g/mol. The van der Waals surface area contributed by atoms with Crippen molar-refractivity contribution in [1.82, 2.24) is 15.3 Å². The quantitative estimate of drug-likeness (QED) is 0.402. The Hall–Kier alpha value is -2.14. The number of aliphatic hydroxyl groups is 1. The van der Waals surface area contributed by atoms with E-state index in [2.05, 4.69) is 5.43 Å². The first-order valence-corrected chi connectivity index (χ1v) is 10.8. The Labute approximate surface area is 178 Å². The molecule has 0 bridgehead atoms. The summed E-state index contributed by atoms with van der Waals surface area (Å²) in [6.07, 6.45) is 2.22. The van der Waals surface area contributed by atoms with Crippen LogP contribution in [0.1, 0.15) is 26.0 Å². The van der Waals surface area contributed by atoms with Crippen LogP contribution >= 0.6 is 11.8 Å². The molecule has 2 fully saturated rings. The number of aliphatic carboxylic acids is 1. The van der Waals surface area contributed by atoms with Crippen molar-refractivity contribution in [3.05, 3.63) is 34.8 Å². The summed E-state index contributed by atoms with van der Waals surface area (Å²) in [5.74, 6) is -1.48. The molecule has 3 N–H and O–H groups in total. The van der Waals surface area contributed by atoms with Gasteiger partial charge in [-0.05, 0) is 25.5 Å². The molecule has 0 aliphatic carbocycles. The molecule has 9 nitrogen and oxygen atoms in total. The zero-order valence-electron chi connectivity index (χ0n) is 16.7. The molecule has 0 saturated carbocycles. The fraction of sp³-hybridized carbons (Fsp3) is 0.550. The van der Waals surface area contributed by atoms with Crippen molar-refractivity contribution in [2.24, 2.45) is 11.8 Å². The fourth-order valence-corrected chi connectivity index (χ4v) is 6.21. The lowest BCUT2D eigenvalue weighted by molar-refractivity contribution is -0.163. The number of nitrogens with zero attached hydrogens (tertiary/aromatic N) is 2. The zero-order valence-corrected chi connectivity index (χ0v) is 17.5. The average Bonchev–Trinajstić information content (AvgIpc) is 3.39. The van der Waals surface area contributed by atoms with Crippen molar-refractivity contribution >= 4 is 29.9 Å². The molecule has 6 atom stereocenters. The highest BCUT2D eigenvalue weighted by molar-refractivity contribution is 8.03. The highest BCUT2D eigenvalue weighted by Crippen LogP contribution is 2.52. The summed E-state index contributed by atoms with van der Waals surface area (Å²) in [5.41, 5.74) is 3.23. The number of amides is 1. The number of aliphatic hydroxyl groups excluding tert-OH is 1. The lowest BCUT2D eigenvalue weighted by Gasteiger charge is -2.46. The van der Waals surface area contributed by atoms with E-state index >= 15 is 0 Å². The monoisotopic (exact) mass is 435 g/mol. The SMILES string of the molecule is CC1C(S[C@H]2C[C@@H](C=O)N(NCc3ccco3)C2)=C(C(=O)O)N2C(=O)C([C@@H](C)O)C12. The predicted octanol–water partition coefficient (Wildman–Crippen LogP) is 0.813. The Morgan fingerprint density at radius 3 is 2.87 bits per heavy atom. The third-order valence-electron chi connectivity index (χ3n) is 6.10. The molecule has 1 amide bonds. The van der Waals surface area contributed by atoms with Crippen molar-refractivity contribution in [1.29, 1.82) is 0 Å². The zero-order chi connectivity index (χ0) is 21.6. The maximum absolute atomic E-state index is 12.5. The van der Waals surface area contributed by atoms with Crippen LogP contribution in [0.2, 0.25) is 0 Å². The number of fused-ring (bicyclic) bond motifs is 1. The van der Waals surface area contributed by atoms with Gasteiger partial charge in [-0.25, -0.2) is 15.2 Å². The molecule has 4 rings (SSSR count). The van der Waals surface area contributed by atoms with Crippen LogP contribution in [0.15, 0.2) is 33.4 Å². The van der Waals surface area contributed by atoms with Gasteiger partial charge in [0.1, 0.15) is 17.7 Å². The van der Waals surface area contributed by atoms with E-state index in [-0.39, 0.29) is 34.9 Å². The van der Waals surface area contributed by atoms with Crippen LogP contribution in [0.3, 0.4) is 0 Å². The van der Waals surface area contributed by atoms with E-state index in [1.54, 1.807) is 19.3 Å². The van der Waals surface area contributed by atoms with Crippen LogP contribution in [0.4, 0.5) is 0 Å². The standard InChI is InChI=1S/C20H25N3O6S/c1-10-16-15(11(2)25)19(26)23(16)17(20(27)28)18(10)30-14-6-12(9-24)22(8-14)21-7-13-4-3-5-29-13/h3-5,9-12,14-16,21,25H,6-8H2,1-2H3,(H,27,28)/t10?,11-,12+,14+,15?,16?/m1/s1. The van der Waals surface area contributed by atoms with Gasteiger partial charge >= 0.3 is 5.97 Å². The van der Waals surface area contributed by atoms with Gasteiger partial charge in [-0.1, -0.05) is 6.92 Å². The molecular formula is C20H25N3O6S. The minimum Gasteiger partial charge on any atom is -0.477 e. The molecule has 30 heavy (non-hydrogen) atoms. The lowest BCUT2D eigenvalue weighted by Crippen LogP contribution is -2.63. The number of carbonyl (C=O) groups excluding carboxylic acids is 2. The number of aldehydes is 1. The van der Waals surface area contributed by atoms with E-state index in [1.165, 1.54) is 16.7 Å². The van der Waals surface area contributed by atoms with Crippen molar-refractivity contribution < 1.29 is 29.0 Å². The maximum atomic E-state index is 12.5. The number of hydrogen-bond donors (Lipinski definition) is 3. The van der Waals surface area contributed by atoms with Gasteiger partial charge in [0.15, 0.2) is 0 Å². The molecule has 2 saturated heterocycles. The molecule has 3 aliphatic heterocycles. The molecule has 1 aromatic rings. The van der Waals surface area contributed by atoms with Crippen molar-refractivity contribution in [2.45, 2.75) is 50.3 Å². The third kappa shape index (κ3) is 3.47. The second-order valence-corrected chi connectivity index (χ2v) is 9.36. The minimum absolute atomic E-state index is 0.00472. The lowest BCUT2D eigenvalue weighted by atomic mass is 9.79. The van der Waals surface area contributed by atoms with Gasteiger partial charge in [0.2, 0.25) is 5.91 Å². The number of thioether (sulfide) groups is 1. The highest BCUT2D eigenvalue weighted by atomic mass is 32.2. The van der Waals surface area contributed by atoms with Crippen molar-refractivity contribution in [3.63, 3.8) is 0 Å². The normalized spacial score (nSPS) is 32.3. The second-order valence-electron chi connectivity index (χ2n) is 8.02. The molecule has 162 valence electrons. The molecule has 3 unspecified atom stereocenters. The Morgan fingerprint density at radius 1 is 1.50 bits per heavy atom. The number of nitrogens with one attached hydrogen (secondary N) is 1. The van der Waals surface area contributed by atoms with E-state index in [0.717, 1.165) is 12.0 Å². The minimum atomic E-state index is -1.14. The van der Waals surface area contributed by atoms with Crippen LogP contribution in [-0.4, -0.2) is 68.3 Å². The van der Waals surface area contributed by atoms with Crippen LogP contribution in [0, 0.1) is 11.8 Å². The van der Waals surface area contributed by atoms with Gasteiger partial charge in [-0.15, -0.1) is 11.8 Å². The van der Waals surface area contributed by atoms with Gasteiger partial charge in [0, 0.05) is 22.6 Å². The van der Waals surface area contributed by atoms with E-state index in [4.69, 9.17) is 4.42 Å². The summed E-state index contributed by atoms with van der Waals surface area (Å²) in [6.45, 7) is 4.47. The summed E-state index contributed by atoms with van der Waals surface area (Å²) >= 11 is 1.43. The first-order chi connectivity index (χ1) is 14.3. The molecule has 10 heteroatoms. The smallest absolute Gasteiger partial charge is 0.353 e. The Morgan fingerprint density at radius 2 is 2.27 bits per heavy atom. The number of furan rings is 1. The Balaban J connectivity index is 1.48. The number of carbonyl (C=O) groups is 3. The molecular weight excluding hydrogens is 410 g/mol. The molecule has 0 aromatic carbocycles. The number of carboxylic acid groups (broad SMARTS) is 1. The van der Waals surface area contributed by atoms with E-state index in [0.29, 0.717) is 24.4 Å². The van der Waals surface area contributed by atoms with Crippen molar-refractivity contribution in [2.75, 3.05) is 6.54 Å². The number of carboxylic acids is 1.